The molecule has 2 heterocycles. The number of nitrogens with zero attached hydrogens (tertiary/aromatic N) is 2. The molecule has 26 heavy (non-hydrogen) atoms. The summed E-state index contributed by atoms with van der Waals surface area (Å²) in [6, 6.07) is 18.4. The number of nitrogens with one attached hydrogen (secondary N) is 1. The van der Waals surface area contributed by atoms with Gasteiger partial charge < -0.3 is 9.73 Å². The van der Waals surface area contributed by atoms with Gasteiger partial charge in [0.15, 0.2) is 5.58 Å². The first kappa shape index (κ1) is 16.3. The highest BCUT2D eigenvalue weighted by Gasteiger charge is 2.12. The Labute approximate surface area is 154 Å². The van der Waals surface area contributed by atoms with Gasteiger partial charge >= 0.3 is 0 Å². The molecule has 4 aromatic rings. The topological polar surface area (TPSA) is 68.0 Å². The molecule has 1 amide bonds. The summed E-state index contributed by atoms with van der Waals surface area (Å²) < 4.78 is 5.79. The lowest BCUT2D eigenvalue weighted by Crippen LogP contribution is -2.22. The van der Waals surface area contributed by atoms with E-state index in [9.17, 15) is 4.79 Å². The van der Waals surface area contributed by atoms with Crippen LogP contribution in [-0.2, 0) is 6.54 Å². The molecule has 6 heteroatoms. The average Bonchev–Trinajstić information content (AvgIpc) is 3.10. The molecule has 0 saturated heterocycles. The van der Waals surface area contributed by atoms with Crippen LogP contribution in [0.1, 0.15) is 15.9 Å². The van der Waals surface area contributed by atoms with E-state index in [0.29, 0.717) is 34.3 Å². The van der Waals surface area contributed by atoms with E-state index >= 15 is 0 Å². The summed E-state index contributed by atoms with van der Waals surface area (Å²) in [4.78, 5) is 20.8. The van der Waals surface area contributed by atoms with Gasteiger partial charge in [0.25, 0.3) is 5.91 Å². The standard InChI is InChI=1S/C20H14ClN3O2/c21-18-11-15(8-9-22-18)20-24-16-7-6-14(10-17(16)26-20)19(25)23-12-13-4-2-1-3-5-13/h1-11H,12H2,(H,23,25). The summed E-state index contributed by atoms with van der Waals surface area (Å²) in [6.07, 6.45) is 1.59. The average molecular weight is 364 g/mol. The fourth-order valence-electron chi connectivity index (χ4n) is 2.61. The van der Waals surface area contributed by atoms with Crippen LogP contribution in [0.3, 0.4) is 0 Å². The minimum absolute atomic E-state index is 0.166. The van der Waals surface area contributed by atoms with Crippen LogP contribution in [0, 0.1) is 0 Å². The van der Waals surface area contributed by atoms with Crippen molar-refractivity contribution in [2.75, 3.05) is 0 Å². The molecule has 0 aliphatic carbocycles. The molecule has 0 atom stereocenters. The molecule has 0 bridgehead atoms. The van der Waals surface area contributed by atoms with E-state index in [1.807, 2.05) is 30.3 Å². The third kappa shape index (κ3) is 3.43. The van der Waals surface area contributed by atoms with Crippen LogP contribution in [0.2, 0.25) is 5.15 Å². The van der Waals surface area contributed by atoms with Crippen molar-refractivity contribution in [3.63, 3.8) is 0 Å². The van der Waals surface area contributed by atoms with Crippen LogP contribution in [0.4, 0.5) is 0 Å². The molecule has 0 saturated carbocycles. The number of benzene rings is 2. The fraction of sp³-hybridized carbons (Fsp3) is 0.0500. The van der Waals surface area contributed by atoms with Gasteiger partial charge in [0.2, 0.25) is 5.89 Å². The van der Waals surface area contributed by atoms with Crippen LogP contribution in [0.15, 0.2) is 71.3 Å². The van der Waals surface area contributed by atoms with Gasteiger partial charge in [-0.15, -0.1) is 0 Å². The molecule has 0 unspecified atom stereocenters. The maximum Gasteiger partial charge on any atom is 0.251 e. The van der Waals surface area contributed by atoms with Crippen LogP contribution < -0.4 is 5.32 Å². The number of pyridine rings is 1. The normalized spacial score (nSPS) is 10.8. The summed E-state index contributed by atoms with van der Waals surface area (Å²) in [5.74, 6) is 0.270. The van der Waals surface area contributed by atoms with Gasteiger partial charge in [-0.25, -0.2) is 9.97 Å². The van der Waals surface area contributed by atoms with E-state index in [1.165, 1.54) is 0 Å². The van der Waals surface area contributed by atoms with Gasteiger partial charge in [0.1, 0.15) is 10.7 Å². The molecule has 2 aromatic carbocycles. The maximum absolute atomic E-state index is 12.4. The SMILES string of the molecule is O=C(NCc1ccccc1)c1ccc2nc(-c3ccnc(Cl)c3)oc2c1. The number of carbonyl (C=O) groups is 1. The lowest BCUT2D eigenvalue weighted by molar-refractivity contribution is 0.0951. The predicted octanol–water partition coefficient (Wildman–Crippen LogP) is 4.47. The summed E-state index contributed by atoms with van der Waals surface area (Å²) >= 11 is 5.91. The molecule has 0 aliphatic heterocycles. The van der Waals surface area contributed by atoms with E-state index in [2.05, 4.69) is 15.3 Å². The lowest BCUT2D eigenvalue weighted by Gasteiger charge is -2.05. The second-order valence-corrected chi connectivity index (χ2v) is 6.12. The van der Waals surface area contributed by atoms with Gasteiger partial charge in [-0.1, -0.05) is 41.9 Å². The first-order chi connectivity index (χ1) is 12.7. The lowest BCUT2D eigenvalue weighted by atomic mass is 10.2. The smallest absolute Gasteiger partial charge is 0.251 e. The summed E-state index contributed by atoms with van der Waals surface area (Å²) in [5.41, 5.74) is 3.51. The Bertz CT molecular complexity index is 1080. The quantitative estimate of drug-likeness (QED) is 0.543. The fourth-order valence-corrected chi connectivity index (χ4v) is 2.78. The van der Waals surface area contributed by atoms with Crippen molar-refractivity contribution >= 4 is 28.6 Å². The zero-order valence-electron chi connectivity index (χ0n) is 13.6. The molecule has 5 nitrogen and oxygen atoms in total. The maximum atomic E-state index is 12.4. The van der Waals surface area contributed by atoms with Crippen molar-refractivity contribution in [2.24, 2.45) is 0 Å². The van der Waals surface area contributed by atoms with Crippen molar-refractivity contribution in [2.45, 2.75) is 6.54 Å². The van der Waals surface area contributed by atoms with Crippen LogP contribution in [-0.4, -0.2) is 15.9 Å². The molecule has 4 rings (SSSR count). The minimum atomic E-state index is -0.166. The number of fused-ring (bicyclic) bond motifs is 1. The van der Waals surface area contributed by atoms with E-state index in [4.69, 9.17) is 16.0 Å². The number of hydrogen-bond donors (Lipinski definition) is 1. The highest BCUT2D eigenvalue weighted by molar-refractivity contribution is 6.29. The molecule has 0 spiro atoms. The number of carbonyl (C=O) groups excluding carboxylic acids is 1. The second kappa shape index (κ2) is 6.98. The minimum Gasteiger partial charge on any atom is -0.436 e. The third-order valence-electron chi connectivity index (χ3n) is 3.92. The van der Waals surface area contributed by atoms with Crippen molar-refractivity contribution < 1.29 is 9.21 Å². The van der Waals surface area contributed by atoms with Gasteiger partial charge in [-0.05, 0) is 35.9 Å². The largest absolute Gasteiger partial charge is 0.436 e. The molecular weight excluding hydrogens is 350 g/mol. The van der Waals surface area contributed by atoms with Gasteiger partial charge in [0, 0.05) is 23.9 Å². The second-order valence-electron chi connectivity index (χ2n) is 5.74. The third-order valence-corrected chi connectivity index (χ3v) is 4.13. The molecule has 128 valence electrons. The van der Waals surface area contributed by atoms with Gasteiger partial charge in [0.05, 0.1) is 0 Å². The van der Waals surface area contributed by atoms with E-state index in [-0.39, 0.29) is 5.91 Å². The molecule has 0 radical (unpaired) electrons. The van der Waals surface area contributed by atoms with E-state index in [0.717, 1.165) is 11.1 Å². The summed E-state index contributed by atoms with van der Waals surface area (Å²) in [6.45, 7) is 0.467. The highest BCUT2D eigenvalue weighted by Crippen LogP contribution is 2.26. The Balaban J connectivity index is 1.56. The molecule has 1 N–H and O–H groups in total. The molecule has 0 fully saturated rings. The number of hydrogen-bond acceptors (Lipinski definition) is 4. The Morgan fingerprint density at radius 3 is 2.73 bits per heavy atom. The highest BCUT2D eigenvalue weighted by atomic mass is 35.5. The Morgan fingerprint density at radius 1 is 1.08 bits per heavy atom. The summed E-state index contributed by atoms with van der Waals surface area (Å²) in [5, 5.41) is 3.27. The monoisotopic (exact) mass is 363 g/mol. The van der Waals surface area contributed by atoms with Crippen LogP contribution >= 0.6 is 11.6 Å². The first-order valence-corrected chi connectivity index (χ1v) is 8.41. The van der Waals surface area contributed by atoms with E-state index in [1.54, 1.807) is 36.5 Å². The van der Waals surface area contributed by atoms with E-state index < -0.39 is 0 Å². The van der Waals surface area contributed by atoms with Crippen LogP contribution in [0.5, 0.6) is 0 Å². The molecule has 0 aliphatic rings. The number of rotatable bonds is 4. The van der Waals surface area contributed by atoms with Gasteiger partial charge in [-0.3, -0.25) is 4.79 Å². The van der Waals surface area contributed by atoms with Crippen molar-refractivity contribution in [3.8, 4) is 11.5 Å². The number of oxazole rings is 1. The van der Waals surface area contributed by atoms with Crippen molar-refractivity contribution in [1.29, 1.82) is 0 Å². The zero-order chi connectivity index (χ0) is 17.9. The van der Waals surface area contributed by atoms with Crippen molar-refractivity contribution in [3.05, 3.63) is 83.1 Å². The number of aromatic nitrogens is 2. The Kier molecular flexibility index (Phi) is 4.37. The molecular formula is C20H14ClN3O2. The van der Waals surface area contributed by atoms with Gasteiger partial charge in [-0.2, -0.15) is 0 Å². The zero-order valence-corrected chi connectivity index (χ0v) is 14.4. The first-order valence-electron chi connectivity index (χ1n) is 8.04. The Hall–Kier alpha value is -3.18. The summed E-state index contributed by atoms with van der Waals surface area (Å²) in [7, 11) is 0. The molecule has 2 aromatic heterocycles. The Morgan fingerprint density at radius 2 is 1.92 bits per heavy atom. The number of halogens is 1. The van der Waals surface area contributed by atoms with Crippen LogP contribution in [0.25, 0.3) is 22.6 Å². The van der Waals surface area contributed by atoms with Crippen molar-refractivity contribution in [1.82, 2.24) is 15.3 Å². The number of amides is 1. The predicted molar refractivity (Wildman–Crippen MR) is 99.9 cm³/mol.